The second-order valence-corrected chi connectivity index (χ2v) is 3.96. The van der Waals surface area contributed by atoms with Crippen molar-refractivity contribution in [2.75, 3.05) is 0 Å². The van der Waals surface area contributed by atoms with E-state index in [4.69, 9.17) is 0 Å². The van der Waals surface area contributed by atoms with E-state index >= 15 is 0 Å². The standard InChI is InChI=1S/C10H15N3O/c1-7-5-8(14)6-9(12-7)10-11-3-4-13(10)2/h3-4,7,9,12H,5-6H2,1-2H3. The lowest BCUT2D eigenvalue weighted by Crippen LogP contribution is -2.39. The number of aromatic nitrogens is 2. The average Bonchev–Trinajstić information content (AvgIpc) is 2.49. The molecule has 1 aliphatic rings. The summed E-state index contributed by atoms with van der Waals surface area (Å²) in [6.45, 7) is 2.03. The molecule has 4 nitrogen and oxygen atoms in total. The van der Waals surface area contributed by atoms with Gasteiger partial charge in [0.25, 0.3) is 0 Å². The number of carbonyl (C=O) groups excluding carboxylic acids is 1. The Kier molecular flexibility index (Phi) is 2.37. The fourth-order valence-corrected chi connectivity index (χ4v) is 1.99. The first-order valence-corrected chi connectivity index (χ1v) is 4.92. The van der Waals surface area contributed by atoms with Gasteiger partial charge in [-0.05, 0) is 6.92 Å². The summed E-state index contributed by atoms with van der Waals surface area (Å²) in [4.78, 5) is 15.7. The highest BCUT2D eigenvalue weighted by Crippen LogP contribution is 2.21. The summed E-state index contributed by atoms with van der Waals surface area (Å²) in [5.41, 5.74) is 0. The van der Waals surface area contributed by atoms with E-state index in [2.05, 4.69) is 10.3 Å². The van der Waals surface area contributed by atoms with Gasteiger partial charge in [-0.3, -0.25) is 4.79 Å². The molecule has 4 heteroatoms. The van der Waals surface area contributed by atoms with Gasteiger partial charge in [-0.15, -0.1) is 0 Å². The van der Waals surface area contributed by atoms with E-state index in [0.29, 0.717) is 18.6 Å². The minimum Gasteiger partial charge on any atom is -0.337 e. The van der Waals surface area contributed by atoms with Crippen molar-refractivity contribution in [1.82, 2.24) is 14.9 Å². The smallest absolute Gasteiger partial charge is 0.136 e. The van der Waals surface area contributed by atoms with E-state index in [0.717, 1.165) is 5.82 Å². The normalized spacial score (nSPS) is 28.0. The summed E-state index contributed by atoms with van der Waals surface area (Å²) in [5, 5.41) is 3.39. The molecule has 2 heterocycles. The largest absolute Gasteiger partial charge is 0.337 e. The SMILES string of the molecule is CC1CC(=O)CC(c2nccn2C)N1. The summed E-state index contributed by atoms with van der Waals surface area (Å²) in [6, 6.07) is 0.351. The molecule has 76 valence electrons. The maximum Gasteiger partial charge on any atom is 0.136 e. The van der Waals surface area contributed by atoms with Crippen LogP contribution in [0.3, 0.4) is 0 Å². The van der Waals surface area contributed by atoms with Crippen LogP contribution < -0.4 is 5.32 Å². The molecular weight excluding hydrogens is 178 g/mol. The van der Waals surface area contributed by atoms with Crippen LogP contribution in [0.25, 0.3) is 0 Å². The highest BCUT2D eigenvalue weighted by Gasteiger charge is 2.26. The van der Waals surface area contributed by atoms with Crippen LogP contribution >= 0.6 is 0 Å². The number of hydrogen-bond donors (Lipinski definition) is 1. The quantitative estimate of drug-likeness (QED) is 0.717. The van der Waals surface area contributed by atoms with Crippen molar-refractivity contribution in [1.29, 1.82) is 0 Å². The van der Waals surface area contributed by atoms with Crippen molar-refractivity contribution in [3.05, 3.63) is 18.2 Å². The molecular formula is C10H15N3O. The van der Waals surface area contributed by atoms with Crippen LogP contribution in [0, 0.1) is 0 Å². The summed E-state index contributed by atoms with van der Waals surface area (Å²) >= 11 is 0. The van der Waals surface area contributed by atoms with Gasteiger partial charge in [0.05, 0.1) is 6.04 Å². The predicted octanol–water partition coefficient (Wildman–Crippen LogP) is 0.802. The maximum absolute atomic E-state index is 11.4. The molecule has 0 radical (unpaired) electrons. The predicted molar refractivity (Wildman–Crippen MR) is 52.8 cm³/mol. The maximum atomic E-state index is 11.4. The first-order valence-electron chi connectivity index (χ1n) is 4.92. The minimum absolute atomic E-state index is 0.0891. The number of nitrogens with one attached hydrogen (secondary N) is 1. The molecule has 1 saturated heterocycles. The summed E-state index contributed by atoms with van der Waals surface area (Å²) < 4.78 is 1.96. The second-order valence-electron chi connectivity index (χ2n) is 3.96. The minimum atomic E-state index is 0.0891. The molecule has 1 aliphatic heterocycles. The number of aryl methyl sites for hydroxylation is 1. The van der Waals surface area contributed by atoms with Crippen LogP contribution in [-0.2, 0) is 11.8 Å². The first-order chi connectivity index (χ1) is 6.66. The van der Waals surface area contributed by atoms with Crippen molar-refractivity contribution in [3.63, 3.8) is 0 Å². The molecule has 1 aromatic heterocycles. The van der Waals surface area contributed by atoms with Gasteiger partial charge >= 0.3 is 0 Å². The molecule has 0 spiro atoms. The van der Waals surface area contributed by atoms with Gasteiger partial charge in [0.1, 0.15) is 11.6 Å². The van der Waals surface area contributed by atoms with Crippen molar-refractivity contribution in [2.24, 2.45) is 7.05 Å². The van der Waals surface area contributed by atoms with Crippen LogP contribution in [0.4, 0.5) is 0 Å². The number of piperidine rings is 1. The van der Waals surface area contributed by atoms with Crippen LogP contribution in [0.15, 0.2) is 12.4 Å². The van der Waals surface area contributed by atoms with Crippen LogP contribution in [0.2, 0.25) is 0 Å². The number of rotatable bonds is 1. The average molecular weight is 193 g/mol. The lowest BCUT2D eigenvalue weighted by molar-refractivity contribution is -0.121. The van der Waals surface area contributed by atoms with Crippen molar-refractivity contribution >= 4 is 5.78 Å². The third kappa shape index (κ3) is 1.70. The zero-order chi connectivity index (χ0) is 10.1. The van der Waals surface area contributed by atoms with Gasteiger partial charge in [0.2, 0.25) is 0 Å². The van der Waals surface area contributed by atoms with Crippen LogP contribution in [-0.4, -0.2) is 21.4 Å². The Balaban J connectivity index is 2.19. The Bertz CT molecular complexity index is 345. The van der Waals surface area contributed by atoms with Gasteiger partial charge in [-0.25, -0.2) is 4.98 Å². The monoisotopic (exact) mass is 193 g/mol. The molecule has 0 bridgehead atoms. The molecule has 14 heavy (non-hydrogen) atoms. The fraction of sp³-hybridized carbons (Fsp3) is 0.600. The Morgan fingerprint density at radius 2 is 2.36 bits per heavy atom. The third-order valence-electron chi connectivity index (χ3n) is 2.62. The Hall–Kier alpha value is -1.16. The zero-order valence-electron chi connectivity index (χ0n) is 8.53. The topological polar surface area (TPSA) is 46.9 Å². The number of ketones is 1. The van der Waals surface area contributed by atoms with Gasteiger partial charge in [-0.2, -0.15) is 0 Å². The summed E-state index contributed by atoms with van der Waals surface area (Å²) in [5.74, 6) is 1.27. The van der Waals surface area contributed by atoms with Crippen molar-refractivity contribution < 1.29 is 4.79 Å². The van der Waals surface area contributed by atoms with Crippen molar-refractivity contribution in [2.45, 2.75) is 31.8 Å². The van der Waals surface area contributed by atoms with E-state index in [1.165, 1.54) is 0 Å². The molecule has 2 atom stereocenters. The molecule has 0 aromatic carbocycles. The second kappa shape index (κ2) is 3.53. The number of imidazole rings is 1. The zero-order valence-corrected chi connectivity index (χ0v) is 8.53. The molecule has 1 fully saturated rings. The number of hydrogen-bond acceptors (Lipinski definition) is 3. The first kappa shape index (κ1) is 9.40. The third-order valence-corrected chi connectivity index (χ3v) is 2.62. The Morgan fingerprint density at radius 3 is 2.93 bits per heavy atom. The van der Waals surface area contributed by atoms with Crippen molar-refractivity contribution in [3.8, 4) is 0 Å². The van der Waals surface area contributed by atoms with E-state index in [1.54, 1.807) is 6.20 Å². The van der Waals surface area contributed by atoms with Gasteiger partial charge in [-0.1, -0.05) is 0 Å². The highest BCUT2D eigenvalue weighted by molar-refractivity contribution is 5.80. The lowest BCUT2D eigenvalue weighted by atomic mass is 9.98. The Labute approximate surface area is 83.3 Å². The van der Waals surface area contributed by atoms with Gasteiger partial charge in [0.15, 0.2) is 0 Å². The van der Waals surface area contributed by atoms with Gasteiger partial charge < -0.3 is 9.88 Å². The molecule has 2 rings (SSSR count). The molecule has 0 saturated carbocycles. The van der Waals surface area contributed by atoms with Crippen LogP contribution in [0.5, 0.6) is 0 Å². The molecule has 1 aromatic rings. The molecule has 2 unspecified atom stereocenters. The lowest BCUT2D eigenvalue weighted by Gasteiger charge is -2.27. The van der Waals surface area contributed by atoms with E-state index < -0.39 is 0 Å². The summed E-state index contributed by atoms with van der Waals surface area (Å²) in [7, 11) is 1.95. The van der Waals surface area contributed by atoms with E-state index in [-0.39, 0.29) is 12.1 Å². The molecule has 0 amide bonds. The summed E-state index contributed by atoms with van der Waals surface area (Å²) in [6.07, 6.45) is 4.87. The molecule has 1 N–H and O–H groups in total. The fourth-order valence-electron chi connectivity index (χ4n) is 1.99. The number of carbonyl (C=O) groups is 1. The molecule has 0 aliphatic carbocycles. The Morgan fingerprint density at radius 1 is 1.57 bits per heavy atom. The highest BCUT2D eigenvalue weighted by atomic mass is 16.1. The number of nitrogens with zero attached hydrogens (tertiary/aromatic N) is 2. The van der Waals surface area contributed by atoms with E-state index in [9.17, 15) is 4.79 Å². The van der Waals surface area contributed by atoms with Crippen LogP contribution in [0.1, 0.15) is 31.6 Å². The van der Waals surface area contributed by atoms with Gasteiger partial charge in [0, 0.05) is 38.3 Å². The number of Topliss-reactive ketones (excluding diaryl/α,β-unsaturated/α-hetero) is 1. The van der Waals surface area contributed by atoms with E-state index in [1.807, 2.05) is 24.7 Å².